The van der Waals surface area contributed by atoms with Crippen LogP contribution in [0.2, 0.25) is 0 Å². The van der Waals surface area contributed by atoms with Crippen LogP contribution in [0.1, 0.15) is 30.3 Å². The molecule has 0 aromatic carbocycles. The van der Waals surface area contributed by atoms with Crippen LogP contribution in [0.15, 0.2) is 11.4 Å². The second-order valence-electron chi connectivity index (χ2n) is 3.90. The van der Waals surface area contributed by atoms with Gasteiger partial charge >= 0.3 is 0 Å². The van der Waals surface area contributed by atoms with E-state index in [1.807, 2.05) is 0 Å². The maximum atomic E-state index is 6.18. The van der Waals surface area contributed by atoms with Gasteiger partial charge in [-0.15, -0.1) is 11.3 Å². The van der Waals surface area contributed by atoms with E-state index in [4.69, 9.17) is 10.5 Å². The smallest absolute Gasteiger partial charge is 0.0787 e. The minimum Gasteiger partial charge on any atom is -0.379 e. The number of hydrogen-bond donors (Lipinski definition) is 1. The Kier molecular flexibility index (Phi) is 4.11. The van der Waals surface area contributed by atoms with Gasteiger partial charge in [-0.05, 0) is 29.9 Å². The van der Waals surface area contributed by atoms with E-state index in [-0.39, 0.29) is 12.1 Å². The second-order valence-corrected chi connectivity index (χ2v) is 5.02. The Hall–Kier alpha value is -0.380. The molecule has 2 N–H and O–H groups in total. The van der Waals surface area contributed by atoms with Gasteiger partial charge in [0.2, 0.25) is 0 Å². The molecule has 2 nitrogen and oxygen atoms in total. The van der Waals surface area contributed by atoms with Gasteiger partial charge in [-0.2, -0.15) is 0 Å². The second kappa shape index (κ2) is 4.91. The van der Waals surface area contributed by atoms with Crippen molar-refractivity contribution in [3.05, 3.63) is 21.9 Å². The van der Waals surface area contributed by atoms with Crippen LogP contribution in [0.25, 0.3) is 0 Å². The summed E-state index contributed by atoms with van der Waals surface area (Å²) in [5.74, 6) is 0.439. The summed E-state index contributed by atoms with van der Waals surface area (Å²) in [5, 5.41) is 2.08. The minimum atomic E-state index is -0.00810. The van der Waals surface area contributed by atoms with Gasteiger partial charge in [0.15, 0.2) is 0 Å². The number of hydrogen-bond acceptors (Lipinski definition) is 3. The summed E-state index contributed by atoms with van der Waals surface area (Å²) >= 11 is 1.74. The van der Waals surface area contributed by atoms with E-state index in [2.05, 4.69) is 32.2 Å². The first-order valence-electron chi connectivity index (χ1n) is 4.90. The highest BCUT2D eigenvalue weighted by atomic mass is 32.1. The van der Waals surface area contributed by atoms with E-state index in [0.717, 1.165) is 0 Å². The van der Waals surface area contributed by atoms with E-state index < -0.39 is 0 Å². The van der Waals surface area contributed by atoms with Crippen molar-refractivity contribution in [1.82, 2.24) is 0 Å². The Bertz CT molecular complexity index is 283. The van der Waals surface area contributed by atoms with Crippen LogP contribution in [0.5, 0.6) is 0 Å². The molecule has 1 rings (SSSR count). The highest BCUT2D eigenvalue weighted by molar-refractivity contribution is 7.10. The number of aryl methyl sites for hydroxylation is 1. The zero-order chi connectivity index (χ0) is 10.7. The van der Waals surface area contributed by atoms with Crippen LogP contribution in [-0.2, 0) is 4.74 Å². The molecule has 0 aliphatic carbocycles. The van der Waals surface area contributed by atoms with Crippen molar-refractivity contribution in [2.45, 2.75) is 32.9 Å². The molecular formula is C11H19NOS. The first-order chi connectivity index (χ1) is 6.57. The molecule has 80 valence electrons. The van der Waals surface area contributed by atoms with Crippen molar-refractivity contribution >= 4 is 11.3 Å². The maximum absolute atomic E-state index is 6.18. The van der Waals surface area contributed by atoms with Crippen LogP contribution in [0.3, 0.4) is 0 Å². The van der Waals surface area contributed by atoms with Gasteiger partial charge in [-0.25, -0.2) is 0 Å². The lowest BCUT2D eigenvalue weighted by Crippen LogP contribution is -2.32. The van der Waals surface area contributed by atoms with E-state index in [9.17, 15) is 0 Å². The van der Waals surface area contributed by atoms with Gasteiger partial charge in [0.25, 0.3) is 0 Å². The van der Waals surface area contributed by atoms with Crippen LogP contribution in [0, 0.1) is 12.8 Å². The Morgan fingerprint density at radius 3 is 2.43 bits per heavy atom. The summed E-state index contributed by atoms with van der Waals surface area (Å²) in [6, 6.07) is 2.09. The van der Waals surface area contributed by atoms with E-state index in [1.54, 1.807) is 18.4 Å². The van der Waals surface area contributed by atoms with Gasteiger partial charge in [-0.3, -0.25) is 0 Å². The lowest BCUT2D eigenvalue weighted by molar-refractivity contribution is 0.0437. The molecule has 0 spiro atoms. The molecule has 2 atom stereocenters. The number of thiophene rings is 1. The van der Waals surface area contributed by atoms with Gasteiger partial charge < -0.3 is 10.5 Å². The maximum Gasteiger partial charge on any atom is 0.0787 e. The summed E-state index contributed by atoms with van der Waals surface area (Å²) in [7, 11) is 1.73. The lowest BCUT2D eigenvalue weighted by atomic mass is 9.95. The fourth-order valence-corrected chi connectivity index (χ4v) is 2.51. The fraction of sp³-hybridized carbons (Fsp3) is 0.636. The average Bonchev–Trinajstić information content (AvgIpc) is 2.51. The van der Waals surface area contributed by atoms with Gasteiger partial charge in [-0.1, -0.05) is 13.8 Å². The first-order valence-corrected chi connectivity index (χ1v) is 5.78. The minimum absolute atomic E-state index is 0.00810. The molecular weight excluding hydrogens is 194 g/mol. The van der Waals surface area contributed by atoms with Crippen LogP contribution in [0.4, 0.5) is 0 Å². The highest BCUT2D eigenvalue weighted by Gasteiger charge is 2.23. The number of methoxy groups -OCH3 is 1. The van der Waals surface area contributed by atoms with Crippen molar-refractivity contribution in [3.63, 3.8) is 0 Å². The van der Waals surface area contributed by atoms with Crippen molar-refractivity contribution in [1.29, 1.82) is 0 Å². The molecule has 0 saturated heterocycles. The molecule has 1 heterocycles. The normalized spacial score (nSPS) is 15.9. The molecule has 1 aromatic heterocycles. The molecule has 2 unspecified atom stereocenters. The zero-order valence-corrected chi connectivity index (χ0v) is 10.1. The highest BCUT2D eigenvalue weighted by Crippen LogP contribution is 2.27. The summed E-state index contributed by atoms with van der Waals surface area (Å²) in [6.45, 7) is 6.37. The standard InChI is InChI=1S/C11H19NOS/c1-7(2)11(13-4)10(12)9-5-6-14-8(9)3/h5-7,10-11H,12H2,1-4H3. The van der Waals surface area contributed by atoms with Crippen molar-refractivity contribution in [3.8, 4) is 0 Å². The molecule has 1 aromatic rings. The third-order valence-corrected chi connectivity index (χ3v) is 3.40. The van der Waals surface area contributed by atoms with Crippen molar-refractivity contribution in [2.24, 2.45) is 11.7 Å². The average molecular weight is 213 g/mol. The molecule has 0 aliphatic heterocycles. The van der Waals surface area contributed by atoms with E-state index in [0.29, 0.717) is 5.92 Å². The molecule has 0 bridgehead atoms. The molecule has 0 saturated carbocycles. The van der Waals surface area contributed by atoms with Gasteiger partial charge in [0, 0.05) is 12.0 Å². The van der Waals surface area contributed by atoms with Crippen molar-refractivity contribution < 1.29 is 4.74 Å². The predicted molar refractivity (Wildman–Crippen MR) is 61.6 cm³/mol. The first kappa shape index (κ1) is 11.7. The monoisotopic (exact) mass is 213 g/mol. The summed E-state index contributed by atoms with van der Waals surface area (Å²) in [5.41, 5.74) is 7.40. The number of nitrogens with two attached hydrogens (primary N) is 1. The third-order valence-electron chi connectivity index (χ3n) is 2.54. The summed E-state index contributed by atoms with van der Waals surface area (Å²) < 4.78 is 5.43. The molecule has 0 fully saturated rings. The zero-order valence-electron chi connectivity index (χ0n) is 9.28. The quantitative estimate of drug-likeness (QED) is 0.834. The molecule has 0 amide bonds. The Labute approximate surface area is 90.1 Å². The van der Waals surface area contributed by atoms with E-state index >= 15 is 0 Å². The SMILES string of the molecule is COC(C(C)C)C(N)c1ccsc1C. The van der Waals surface area contributed by atoms with Gasteiger partial charge in [0.05, 0.1) is 12.1 Å². The molecule has 0 radical (unpaired) electrons. The number of ether oxygens (including phenoxy) is 1. The Balaban J connectivity index is 2.83. The van der Waals surface area contributed by atoms with Gasteiger partial charge in [0.1, 0.15) is 0 Å². The predicted octanol–water partition coefficient (Wildman–Crippen LogP) is 2.73. The van der Waals surface area contributed by atoms with Crippen LogP contribution < -0.4 is 5.73 Å². The number of rotatable bonds is 4. The lowest BCUT2D eigenvalue weighted by Gasteiger charge is -2.26. The Morgan fingerprint density at radius 2 is 2.07 bits per heavy atom. The Morgan fingerprint density at radius 1 is 1.43 bits per heavy atom. The van der Waals surface area contributed by atoms with Crippen LogP contribution in [-0.4, -0.2) is 13.2 Å². The summed E-state index contributed by atoms with van der Waals surface area (Å²) in [6.07, 6.45) is 0.100. The molecule has 0 aliphatic rings. The fourth-order valence-electron chi connectivity index (χ4n) is 1.75. The largest absolute Gasteiger partial charge is 0.379 e. The topological polar surface area (TPSA) is 35.2 Å². The molecule has 14 heavy (non-hydrogen) atoms. The van der Waals surface area contributed by atoms with Crippen LogP contribution >= 0.6 is 11.3 Å². The summed E-state index contributed by atoms with van der Waals surface area (Å²) in [4.78, 5) is 1.29. The molecule has 3 heteroatoms. The third kappa shape index (κ3) is 2.35. The van der Waals surface area contributed by atoms with E-state index in [1.165, 1.54) is 10.4 Å². The van der Waals surface area contributed by atoms with Crippen molar-refractivity contribution in [2.75, 3.05) is 7.11 Å².